The van der Waals surface area contributed by atoms with Crippen molar-refractivity contribution >= 4 is 17.6 Å². The van der Waals surface area contributed by atoms with Crippen molar-refractivity contribution in [2.45, 2.75) is 45.6 Å². The summed E-state index contributed by atoms with van der Waals surface area (Å²) in [4.78, 5) is 34.0. The minimum atomic E-state index is -0.710. The summed E-state index contributed by atoms with van der Waals surface area (Å²) in [5, 5.41) is 3.07. The molecule has 2 saturated carbocycles. The first kappa shape index (κ1) is 19.9. The Morgan fingerprint density at radius 2 is 1.80 bits per heavy atom. The zero-order valence-corrected chi connectivity index (χ0v) is 18.5. The van der Waals surface area contributed by atoms with Gasteiger partial charge in [0.2, 0.25) is 5.91 Å². The van der Waals surface area contributed by atoms with Gasteiger partial charge in [0, 0.05) is 43.8 Å². The number of rotatable bonds is 3. The molecule has 0 aromatic heterocycles. The van der Waals surface area contributed by atoms with Gasteiger partial charge >= 0.3 is 6.03 Å². The lowest BCUT2D eigenvalue weighted by molar-refractivity contribution is -0.149. The molecule has 4 fully saturated rings. The van der Waals surface area contributed by atoms with Crippen LogP contribution in [0.4, 0.5) is 10.5 Å². The zero-order valence-electron chi connectivity index (χ0n) is 18.5. The summed E-state index contributed by atoms with van der Waals surface area (Å²) in [5.74, 6) is 0.721. The topological polar surface area (TPSA) is 55.9 Å². The number of carbonyl (C=O) groups excluding carboxylic acids is 2. The molecule has 4 unspecified atom stereocenters. The molecule has 2 aliphatic heterocycles. The minimum Gasteiger partial charge on any atom is -0.338 e. The van der Waals surface area contributed by atoms with E-state index in [0.29, 0.717) is 12.5 Å². The Balaban J connectivity index is 1.47. The van der Waals surface area contributed by atoms with Crippen molar-refractivity contribution in [3.63, 3.8) is 0 Å². The molecule has 30 heavy (non-hydrogen) atoms. The molecule has 4 bridgehead atoms. The molecule has 2 saturated heterocycles. The Labute approximate surface area is 179 Å². The van der Waals surface area contributed by atoms with Gasteiger partial charge in [0.1, 0.15) is 5.54 Å². The predicted octanol–water partition coefficient (Wildman–Crippen LogP) is 3.26. The van der Waals surface area contributed by atoms with E-state index in [9.17, 15) is 9.59 Å². The Morgan fingerprint density at radius 3 is 2.43 bits per heavy atom. The molecule has 0 spiro atoms. The molecule has 2 aliphatic carbocycles. The lowest BCUT2D eigenvalue weighted by Gasteiger charge is -2.49. The van der Waals surface area contributed by atoms with Gasteiger partial charge in [-0.25, -0.2) is 4.79 Å². The number of likely N-dealkylation sites (tertiary alicyclic amines) is 1. The molecule has 6 heteroatoms. The van der Waals surface area contributed by atoms with Crippen LogP contribution in [0.15, 0.2) is 30.3 Å². The molecule has 1 aromatic rings. The van der Waals surface area contributed by atoms with Crippen molar-refractivity contribution in [1.29, 1.82) is 0 Å². The van der Waals surface area contributed by atoms with E-state index in [0.717, 1.165) is 51.3 Å². The lowest BCUT2D eigenvalue weighted by Crippen LogP contribution is -2.67. The Kier molecular flexibility index (Phi) is 4.44. The minimum absolute atomic E-state index is 0.0158. The van der Waals surface area contributed by atoms with Crippen LogP contribution in [0.2, 0.25) is 0 Å². The summed E-state index contributed by atoms with van der Waals surface area (Å²) in [7, 11) is 0. The van der Waals surface area contributed by atoms with E-state index in [-0.39, 0.29) is 22.8 Å². The van der Waals surface area contributed by atoms with E-state index in [1.54, 1.807) is 0 Å². The quantitative estimate of drug-likeness (QED) is 0.832. The molecule has 1 N–H and O–H groups in total. The maximum atomic E-state index is 14.2. The lowest BCUT2D eigenvalue weighted by atomic mass is 9.65. The Bertz CT molecular complexity index is 852. The van der Waals surface area contributed by atoms with Crippen LogP contribution in [-0.4, -0.2) is 71.4 Å². The molecule has 1 aromatic carbocycles. The number of hydrogen-bond acceptors (Lipinski definition) is 3. The van der Waals surface area contributed by atoms with E-state index in [4.69, 9.17) is 0 Å². The van der Waals surface area contributed by atoms with Gasteiger partial charge in [-0.15, -0.1) is 0 Å². The highest BCUT2D eigenvalue weighted by Gasteiger charge is 2.81. The predicted molar refractivity (Wildman–Crippen MR) is 117 cm³/mol. The van der Waals surface area contributed by atoms with Crippen LogP contribution in [0.3, 0.4) is 0 Å². The van der Waals surface area contributed by atoms with Crippen molar-refractivity contribution in [3.8, 4) is 0 Å². The number of benzene rings is 1. The normalized spacial score (nSPS) is 37.6. The molecule has 2 heterocycles. The van der Waals surface area contributed by atoms with Crippen molar-refractivity contribution in [2.75, 3.05) is 44.6 Å². The number of urea groups is 1. The molecule has 0 radical (unpaired) electrons. The van der Waals surface area contributed by atoms with Crippen molar-refractivity contribution in [2.24, 2.45) is 16.7 Å². The van der Waals surface area contributed by atoms with Gasteiger partial charge in [0.25, 0.3) is 0 Å². The molecular weight excluding hydrogens is 376 g/mol. The van der Waals surface area contributed by atoms with Crippen molar-refractivity contribution in [1.82, 2.24) is 14.7 Å². The highest BCUT2D eigenvalue weighted by Crippen LogP contribution is 2.76. The van der Waals surface area contributed by atoms with Gasteiger partial charge in [-0.05, 0) is 49.3 Å². The number of anilines is 1. The van der Waals surface area contributed by atoms with E-state index in [1.807, 2.05) is 40.1 Å². The average Bonchev–Trinajstić information content (AvgIpc) is 3.22. The van der Waals surface area contributed by atoms with Gasteiger partial charge in [-0.2, -0.15) is 0 Å². The molecule has 162 valence electrons. The Morgan fingerprint density at radius 1 is 1.10 bits per heavy atom. The number of likely N-dealkylation sites (N-methyl/N-ethyl adjacent to an activating group) is 1. The van der Waals surface area contributed by atoms with Crippen LogP contribution in [0, 0.1) is 16.7 Å². The van der Waals surface area contributed by atoms with Crippen molar-refractivity contribution in [3.05, 3.63) is 30.3 Å². The van der Waals surface area contributed by atoms with Crippen LogP contribution in [0.5, 0.6) is 0 Å². The summed E-state index contributed by atoms with van der Waals surface area (Å²) in [5.41, 5.74) is -0.0674. The fourth-order valence-corrected chi connectivity index (χ4v) is 7.21. The van der Waals surface area contributed by atoms with Crippen molar-refractivity contribution < 1.29 is 9.59 Å². The van der Waals surface area contributed by atoms with E-state index < -0.39 is 5.54 Å². The maximum Gasteiger partial charge on any atom is 0.322 e. The number of piperazine rings is 1. The number of nitrogens with one attached hydrogen (secondary N) is 1. The average molecular weight is 411 g/mol. The first-order valence-corrected chi connectivity index (χ1v) is 11.5. The second-order valence-corrected chi connectivity index (χ2v) is 10.2. The van der Waals surface area contributed by atoms with E-state index >= 15 is 0 Å². The van der Waals surface area contributed by atoms with Crippen LogP contribution in [0.1, 0.15) is 40.0 Å². The summed E-state index contributed by atoms with van der Waals surface area (Å²) in [6.07, 6.45) is 3.03. The summed E-state index contributed by atoms with van der Waals surface area (Å²) >= 11 is 0. The third kappa shape index (κ3) is 2.40. The number of para-hydroxylation sites is 1. The molecule has 4 atom stereocenters. The number of piperidine rings is 1. The first-order chi connectivity index (χ1) is 14.4. The van der Waals surface area contributed by atoms with Crippen LogP contribution in [0.25, 0.3) is 0 Å². The largest absolute Gasteiger partial charge is 0.338 e. The summed E-state index contributed by atoms with van der Waals surface area (Å²) in [6.45, 7) is 11.9. The Hall–Kier alpha value is -2.08. The van der Waals surface area contributed by atoms with Crippen LogP contribution < -0.4 is 5.32 Å². The fourth-order valence-electron chi connectivity index (χ4n) is 7.21. The number of amides is 3. The number of hydrogen-bond donors (Lipinski definition) is 1. The monoisotopic (exact) mass is 410 g/mol. The SMILES string of the molecule is CCN1CCN(C(=O)C23CC4CCC2(C)C4(C)CN3C(=O)Nc2ccccc2)CC1. The maximum absolute atomic E-state index is 14.2. The fraction of sp³-hybridized carbons (Fsp3) is 0.667. The standard InChI is InChI=1S/C24H34N4O2/c1-4-26-12-14-27(15-13-26)20(29)24-16-18-10-11-23(24,3)22(18,2)17-28(24)21(30)25-19-8-6-5-7-9-19/h5-9,18H,4,10-17H2,1-3H3,(H,25,30). The van der Waals surface area contributed by atoms with Crippen LogP contribution >= 0.6 is 0 Å². The first-order valence-electron chi connectivity index (χ1n) is 11.5. The van der Waals surface area contributed by atoms with Gasteiger partial charge < -0.3 is 20.0 Å². The number of carbonyl (C=O) groups is 2. The highest BCUT2D eigenvalue weighted by molar-refractivity contribution is 5.98. The molecule has 3 amide bonds. The number of nitrogens with zero attached hydrogens (tertiary/aromatic N) is 3. The zero-order chi connectivity index (χ0) is 21.1. The van der Waals surface area contributed by atoms with Crippen LogP contribution in [-0.2, 0) is 4.79 Å². The summed E-state index contributed by atoms with van der Waals surface area (Å²) < 4.78 is 0. The van der Waals surface area contributed by atoms with Gasteiger partial charge in [0.15, 0.2) is 0 Å². The van der Waals surface area contributed by atoms with E-state index in [1.165, 1.54) is 6.42 Å². The molecule has 4 aliphatic rings. The highest BCUT2D eigenvalue weighted by atomic mass is 16.2. The third-order valence-electron chi connectivity index (χ3n) is 9.29. The second-order valence-electron chi connectivity index (χ2n) is 10.2. The third-order valence-corrected chi connectivity index (χ3v) is 9.29. The summed E-state index contributed by atoms with van der Waals surface area (Å²) in [6, 6.07) is 9.46. The van der Waals surface area contributed by atoms with Gasteiger partial charge in [-0.1, -0.05) is 39.0 Å². The molecule has 5 rings (SSSR count). The van der Waals surface area contributed by atoms with Gasteiger partial charge in [0.05, 0.1) is 0 Å². The smallest absolute Gasteiger partial charge is 0.322 e. The second kappa shape index (κ2) is 6.71. The molecular formula is C24H34N4O2. The van der Waals surface area contributed by atoms with Gasteiger partial charge in [-0.3, -0.25) is 4.79 Å². The van der Waals surface area contributed by atoms with E-state index in [2.05, 4.69) is 31.0 Å². The molecule has 6 nitrogen and oxygen atoms in total.